The van der Waals surface area contributed by atoms with Crippen molar-refractivity contribution in [3.05, 3.63) is 29.0 Å². The Hall–Kier alpha value is -0.770. The lowest BCUT2D eigenvalue weighted by molar-refractivity contribution is 0.0753. The molecular formula is C16H18Cl2N2O. The summed E-state index contributed by atoms with van der Waals surface area (Å²) in [5.74, 6) is 2.33. The maximum Gasteiger partial charge on any atom is 0.111 e. The van der Waals surface area contributed by atoms with Crippen LogP contribution in [0.4, 0.5) is 0 Å². The number of rotatable bonds is 4. The molecule has 4 rings (SSSR count). The molecule has 1 aromatic heterocycles. The van der Waals surface area contributed by atoms with Gasteiger partial charge in [-0.25, -0.2) is 4.98 Å². The van der Waals surface area contributed by atoms with Gasteiger partial charge in [0.15, 0.2) is 0 Å². The van der Waals surface area contributed by atoms with Crippen LogP contribution in [0, 0.1) is 5.92 Å². The number of imidazole rings is 1. The van der Waals surface area contributed by atoms with E-state index in [1.165, 1.54) is 12.8 Å². The SMILES string of the molecule is ClCCc1nc2c(Cl)cccc2n1C1CCOC1C1CC1. The van der Waals surface area contributed by atoms with Gasteiger partial charge in [0, 0.05) is 18.9 Å². The van der Waals surface area contributed by atoms with E-state index in [9.17, 15) is 0 Å². The summed E-state index contributed by atoms with van der Waals surface area (Å²) in [6, 6.07) is 6.37. The molecule has 2 heterocycles. The summed E-state index contributed by atoms with van der Waals surface area (Å²) in [6.07, 6.45) is 4.73. The molecule has 2 atom stereocenters. The quantitative estimate of drug-likeness (QED) is 0.787. The topological polar surface area (TPSA) is 27.1 Å². The minimum Gasteiger partial charge on any atom is -0.376 e. The molecule has 1 saturated carbocycles. The van der Waals surface area contributed by atoms with Crippen LogP contribution in [0.2, 0.25) is 5.02 Å². The molecule has 3 nitrogen and oxygen atoms in total. The molecule has 112 valence electrons. The van der Waals surface area contributed by atoms with Crippen molar-refractivity contribution in [3.8, 4) is 0 Å². The fraction of sp³-hybridized carbons (Fsp3) is 0.562. The van der Waals surface area contributed by atoms with Crippen molar-refractivity contribution in [1.29, 1.82) is 0 Å². The van der Waals surface area contributed by atoms with Crippen LogP contribution in [0.3, 0.4) is 0 Å². The molecule has 0 N–H and O–H groups in total. The molecule has 1 saturated heterocycles. The molecule has 1 aliphatic heterocycles. The van der Waals surface area contributed by atoms with Crippen LogP contribution in [0.1, 0.15) is 31.1 Å². The van der Waals surface area contributed by atoms with Gasteiger partial charge in [-0.05, 0) is 37.3 Å². The Morgan fingerprint density at radius 1 is 1.29 bits per heavy atom. The van der Waals surface area contributed by atoms with Gasteiger partial charge < -0.3 is 9.30 Å². The van der Waals surface area contributed by atoms with Crippen LogP contribution in [0.15, 0.2) is 18.2 Å². The molecule has 0 bridgehead atoms. The number of halogens is 2. The first-order chi connectivity index (χ1) is 10.3. The standard InChI is InChI=1S/C16H18Cl2N2O/c17-8-6-14-19-15-11(18)2-1-3-12(15)20(14)13-7-9-21-16(13)10-4-5-10/h1-3,10,13,16H,4-9H2. The number of alkyl halides is 1. The third kappa shape index (κ3) is 2.36. The van der Waals surface area contributed by atoms with E-state index in [4.69, 9.17) is 32.9 Å². The van der Waals surface area contributed by atoms with Crippen LogP contribution >= 0.6 is 23.2 Å². The number of hydrogen-bond acceptors (Lipinski definition) is 2. The Balaban J connectivity index is 1.85. The maximum atomic E-state index is 6.32. The lowest BCUT2D eigenvalue weighted by Gasteiger charge is -2.22. The zero-order valence-electron chi connectivity index (χ0n) is 11.8. The minimum absolute atomic E-state index is 0.329. The molecule has 21 heavy (non-hydrogen) atoms. The van der Waals surface area contributed by atoms with Gasteiger partial charge >= 0.3 is 0 Å². The van der Waals surface area contributed by atoms with Crippen molar-refractivity contribution in [2.24, 2.45) is 5.92 Å². The Kier molecular flexibility index (Phi) is 3.60. The number of fused-ring (bicyclic) bond motifs is 1. The smallest absolute Gasteiger partial charge is 0.111 e. The molecule has 0 radical (unpaired) electrons. The highest BCUT2D eigenvalue weighted by molar-refractivity contribution is 6.34. The Labute approximate surface area is 134 Å². The molecular weight excluding hydrogens is 307 g/mol. The molecule has 1 aliphatic carbocycles. The van der Waals surface area contributed by atoms with Gasteiger partial charge in [-0.15, -0.1) is 11.6 Å². The second-order valence-electron chi connectivity index (χ2n) is 5.97. The van der Waals surface area contributed by atoms with E-state index in [-0.39, 0.29) is 0 Å². The maximum absolute atomic E-state index is 6.32. The second-order valence-corrected chi connectivity index (χ2v) is 6.76. The highest BCUT2D eigenvalue weighted by atomic mass is 35.5. The number of para-hydroxylation sites is 1. The zero-order chi connectivity index (χ0) is 14.4. The normalized spacial score (nSPS) is 25.8. The summed E-state index contributed by atoms with van der Waals surface area (Å²) in [4.78, 5) is 4.75. The largest absolute Gasteiger partial charge is 0.376 e. The predicted octanol–water partition coefficient (Wildman–Crippen LogP) is 4.21. The number of nitrogens with zero attached hydrogens (tertiary/aromatic N) is 2. The summed E-state index contributed by atoms with van der Waals surface area (Å²) in [5.41, 5.74) is 2.00. The van der Waals surface area contributed by atoms with E-state index >= 15 is 0 Å². The average Bonchev–Trinajstić information content (AvgIpc) is 3.09. The van der Waals surface area contributed by atoms with E-state index in [1.807, 2.05) is 12.1 Å². The highest BCUT2D eigenvalue weighted by Crippen LogP contribution is 2.44. The van der Waals surface area contributed by atoms with Gasteiger partial charge in [-0.2, -0.15) is 0 Å². The van der Waals surface area contributed by atoms with E-state index in [0.717, 1.165) is 42.2 Å². The number of aryl methyl sites for hydroxylation is 1. The molecule has 0 amide bonds. The minimum atomic E-state index is 0.329. The molecule has 5 heteroatoms. The summed E-state index contributed by atoms with van der Waals surface area (Å²) in [6.45, 7) is 0.840. The first kappa shape index (κ1) is 13.9. The van der Waals surface area contributed by atoms with Crippen molar-refractivity contribution in [2.45, 2.75) is 37.8 Å². The first-order valence-electron chi connectivity index (χ1n) is 7.62. The van der Waals surface area contributed by atoms with Crippen molar-refractivity contribution in [2.75, 3.05) is 12.5 Å². The Bertz CT molecular complexity index is 666. The summed E-state index contributed by atoms with van der Waals surface area (Å²) < 4.78 is 8.36. The van der Waals surface area contributed by atoms with Crippen molar-refractivity contribution < 1.29 is 4.74 Å². The van der Waals surface area contributed by atoms with E-state index in [0.29, 0.717) is 23.0 Å². The van der Waals surface area contributed by atoms with Gasteiger partial charge in [0.25, 0.3) is 0 Å². The van der Waals surface area contributed by atoms with E-state index in [2.05, 4.69) is 10.6 Å². The highest BCUT2D eigenvalue weighted by Gasteiger charge is 2.42. The van der Waals surface area contributed by atoms with Crippen LogP contribution in [0.5, 0.6) is 0 Å². The van der Waals surface area contributed by atoms with Crippen LogP contribution in [-0.2, 0) is 11.2 Å². The molecule has 1 aromatic carbocycles. The number of aromatic nitrogens is 2. The number of hydrogen-bond donors (Lipinski definition) is 0. The third-order valence-corrected chi connectivity index (χ3v) is 5.08. The summed E-state index contributed by atoms with van der Waals surface area (Å²) in [5, 5.41) is 0.712. The number of ether oxygens (including phenoxy) is 1. The first-order valence-corrected chi connectivity index (χ1v) is 8.53. The Morgan fingerprint density at radius 2 is 2.14 bits per heavy atom. The second kappa shape index (κ2) is 5.45. The lowest BCUT2D eigenvalue weighted by Crippen LogP contribution is -2.23. The predicted molar refractivity (Wildman–Crippen MR) is 85.3 cm³/mol. The van der Waals surface area contributed by atoms with Crippen LogP contribution < -0.4 is 0 Å². The van der Waals surface area contributed by atoms with Crippen molar-refractivity contribution >= 4 is 34.2 Å². The zero-order valence-corrected chi connectivity index (χ0v) is 13.3. The molecule has 0 spiro atoms. The molecule has 2 aromatic rings. The van der Waals surface area contributed by atoms with Crippen molar-refractivity contribution in [1.82, 2.24) is 9.55 Å². The fourth-order valence-corrected chi connectivity index (χ4v) is 3.89. The summed E-state index contributed by atoms with van der Waals surface area (Å²) in [7, 11) is 0. The van der Waals surface area contributed by atoms with Gasteiger partial charge in [0.2, 0.25) is 0 Å². The van der Waals surface area contributed by atoms with E-state index < -0.39 is 0 Å². The van der Waals surface area contributed by atoms with Crippen LogP contribution in [-0.4, -0.2) is 28.1 Å². The molecule has 2 aliphatic rings. The van der Waals surface area contributed by atoms with Crippen LogP contribution in [0.25, 0.3) is 11.0 Å². The van der Waals surface area contributed by atoms with Gasteiger partial charge in [-0.3, -0.25) is 0 Å². The average molecular weight is 325 g/mol. The number of benzene rings is 1. The fourth-order valence-electron chi connectivity index (χ4n) is 3.51. The molecule has 2 fully saturated rings. The van der Waals surface area contributed by atoms with Crippen molar-refractivity contribution in [3.63, 3.8) is 0 Å². The van der Waals surface area contributed by atoms with Gasteiger partial charge in [-0.1, -0.05) is 17.7 Å². The summed E-state index contributed by atoms with van der Waals surface area (Å²) >= 11 is 12.3. The van der Waals surface area contributed by atoms with Gasteiger partial charge in [0.05, 0.1) is 22.7 Å². The van der Waals surface area contributed by atoms with Gasteiger partial charge in [0.1, 0.15) is 11.3 Å². The van der Waals surface area contributed by atoms with E-state index in [1.54, 1.807) is 0 Å². The Morgan fingerprint density at radius 3 is 2.90 bits per heavy atom. The third-order valence-electron chi connectivity index (χ3n) is 4.58. The lowest BCUT2D eigenvalue weighted by atomic mass is 10.1. The monoisotopic (exact) mass is 324 g/mol. The molecule has 2 unspecified atom stereocenters.